The molecule has 128 valence electrons. The zero-order chi connectivity index (χ0) is 17.5. The van der Waals surface area contributed by atoms with Gasteiger partial charge in [0.1, 0.15) is 17.5 Å². The smallest absolute Gasteiger partial charge is 0.326 e. The largest absolute Gasteiger partial charge is 0.497 e. The van der Waals surface area contributed by atoms with Crippen LogP contribution in [0.1, 0.15) is 36.7 Å². The molecule has 0 aliphatic heterocycles. The second-order valence-electron chi connectivity index (χ2n) is 5.41. The number of rotatable bonds is 8. The molecule has 0 saturated carbocycles. The SMILES string of the molecule is CCCC[C@H](NC(=O)c1cc(-c2cccc(OC)c2)n[nH]1)C(=O)O. The van der Waals surface area contributed by atoms with Crippen LogP contribution in [-0.2, 0) is 4.79 Å². The number of H-pyrrole nitrogens is 1. The van der Waals surface area contributed by atoms with Gasteiger partial charge in [-0.25, -0.2) is 4.79 Å². The fourth-order valence-electron chi connectivity index (χ4n) is 2.27. The monoisotopic (exact) mass is 331 g/mol. The highest BCUT2D eigenvalue weighted by Crippen LogP contribution is 2.22. The summed E-state index contributed by atoms with van der Waals surface area (Å²) in [7, 11) is 1.57. The minimum Gasteiger partial charge on any atom is -0.497 e. The van der Waals surface area contributed by atoms with Gasteiger partial charge in [0, 0.05) is 5.56 Å². The quantitative estimate of drug-likeness (QED) is 0.689. The molecule has 3 N–H and O–H groups in total. The number of carboxylic acid groups (broad SMARTS) is 1. The van der Waals surface area contributed by atoms with Crippen LogP contribution in [-0.4, -0.2) is 40.3 Å². The van der Waals surface area contributed by atoms with Crippen molar-refractivity contribution in [3.63, 3.8) is 0 Å². The van der Waals surface area contributed by atoms with Crippen molar-refractivity contribution in [1.29, 1.82) is 0 Å². The number of unbranched alkanes of at least 4 members (excludes halogenated alkanes) is 1. The van der Waals surface area contributed by atoms with Gasteiger partial charge in [-0.15, -0.1) is 0 Å². The lowest BCUT2D eigenvalue weighted by atomic mass is 10.1. The van der Waals surface area contributed by atoms with Crippen molar-refractivity contribution >= 4 is 11.9 Å². The topological polar surface area (TPSA) is 104 Å². The molecule has 0 radical (unpaired) electrons. The van der Waals surface area contributed by atoms with Crippen molar-refractivity contribution in [3.05, 3.63) is 36.0 Å². The third-order valence-corrected chi connectivity index (χ3v) is 3.64. The molecule has 0 aliphatic rings. The lowest BCUT2D eigenvalue weighted by Crippen LogP contribution is -2.40. The van der Waals surface area contributed by atoms with Gasteiger partial charge in [-0.1, -0.05) is 31.9 Å². The summed E-state index contributed by atoms with van der Waals surface area (Å²) in [5.41, 5.74) is 1.60. The first-order chi connectivity index (χ1) is 11.5. The zero-order valence-electron chi connectivity index (χ0n) is 13.7. The highest BCUT2D eigenvalue weighted by molar-refractivity contribution is 5.95. The second kappa shape index (κ2) is 8.14. The maximum atomic E-state index is 12.2. The molecule has 2 aromatic rings. The number of aromatic nitrogens is 2. The van der Waals surface area contributed by atoms with Crippen molar-refractivity contribution in [3.8, 4) is 17.0 Å². The molecule has 24 heavy (non-hydrogen) atoms. The van der Waals surface area contributed by atoms with E-state index in [2.05, 4.69) is 15.5 Å². The Hall–Kier alpha value is -2.83. The van der Waals surface area contributed by atoms with Crippen LogP contribution in [0.3, 0.4) is 0 Å². The molecule has 7 heteroatoms. The molecule has 1 amide bonds. The number of aromatic amines is 1. The average molecular weight is 331 g/mol. The third kappa shape index (κ3) is 4.34. The van der Waals surface area contributed by atoms with Gasteiger partial charge in [-0.05, 0) is 24.6 Å². The molecule has 2 rings (SSSR count). The Balaban J connectivity index is 2.11. The number of hydrogen-bond donors (Lipinski definition) is 3. The molecule has 0 unspecified atom stereocenters. The molecule has 0 saturated heterocycles. The fourth-order valence-corrected chi connectivity index (χ4v) is 2.27. The Labute approximate surface area is 140 Å². The van der Waals surface area contributed by atoms with E-state index < -0.39 is 17.9 Å². The van der Waals surface area contributed by atoms with Crippen LogP contribution in [0.2, 0.25) is 0 Å². The van der Waals surface area contributed by atoms with E-state index in [-0.39, 0.29) is 5.69 Å². The normalized spacial score (nSPS) is 11.8. The average Bonchev–Trinajstić information content (AvgIpc) is 3.08. The Morgan fingerprint density at radius 1 is 1.38 bits per heavy atom. The lowest BCUT2D eigenvalue weighted by Gasteiger charge is -2.13. The highest BCUT2D eigenvalue weighted by atomic mass is 16.5. The zero-order valence-corrected chi connectivity index (χ0v) is 13.7. The maximum Gasteiger partial charge on any atom is 0.326 e. The standard InChI is InChI=1S/C17H21N3O4/c1-3-4-8-13(17(22)23)18-16(21)15-10-14(19-20-15)11-6-5-7-12(9-11)24-2/h5-7,9-10,13H,3-4,8H2,1-2H3,(H,18,21)(H,19,20)(H,22,23)/t13-/m0/s1. The molecule has 0 aliphatic carbocycles. The maximum absolute atomic E-state index is 12.2. The predicted molar refractivity (Wildman–Crippen MR) is 89.0 cm³/mol. The molecular weight excluding hydrogens is 310 g/mol. The summed E-state index contributed by atoms with van der Waals surface area (Å²) in [5, 5.41) is 18.5. The van der Waals surface area contributed by atoms with Gasteiger partial charge >= 0.3 is 5.97 Å². The fraction of sp³-hybridized carbons (Fsp3) is 0.353. The second-order valence-corrected chi connectivity index (χ2v) is 5.41. The van der Waals surface area contributed by atoms with Gasteiger partial charge < -0.3 is 15.2 Å². The number of nitrogens with zero attached hydrogens (tertiary/aromatic N) is 1. The number of methoxy groups -OCH3 is 1. The van der Waals surface area contributed by atoms with Crippen molar-refractivity contribution in [1.82, 2.24) is 15.5 Å². The number of ether oxygens (including phenoxy) is 1. The predicted octanol–water partition coefficient (Wildman–Crippen LogP) is 2.46. The Bertz CT molecular complexity index is 711. The van der Waals surface area contributed by atoms with Crippen molar-refractivity contribution in [2.24, 2.45) is 0 Å². The van der Waals surface area contributed by atoms with Crippen LogP contribution < -0.4 is 10.1 Å². The minimum atomic E-state index is -1.04. The van der Waals surface area contributed by atoms with E-state index >= 15 is 0 Å². The van der Waals surface area contributed by atoms with E-state index in [1.54, 1.807) is 19.2 Å². The van der Waals surface area contributed by atoms with Gasteiger partial charge in [0.15, 0.2) is 0 Å². The molecule has 7 nitrogen and oxygen atoms in total. The van der Waals surface area contributed by atoms with Gasteiger partial charge in [-0.3, -0.25) is 9.89 Å². The minimum absolute atomic E-state index is 0.218. The van der Waals surface area contributed by atoms with E-state index in [4.69, 9.17) is 4.74 Å². The van der Waals surface area contributed by atoms with Crippen molar-refractivity contribution in [2.45, 2.75) is 32.2 Å². The number of carbonyl (C=O) groups is 2. The molecule has 1 aromatic carbocycles. The number of nitrogens with one attached hydrogen (secondary N) is 2. The summed E-state index contributed by atoms with van der Waals surface area (Å²) in [6, 6.07) is 7.98. The van der Waals surface area contributed by atoms with Gasteiger partial charge in [0.05, 0.1) is 12.8 Å². The first kappa shape index (κ1) is 17.5. The highest BCUT2D eigenvalue weighted by Gasteiger charge is 2.21. The molecule has 1 heterocycles. The first-order valence-corrected chi connectivity index (χ1v) is 7.78. The van der Waals surface area contributed by atoms with Crippen LogP contribution in [0.4, 0.5) is 0 Å². The molecule has 0 bridgehead atoms. The number of hydrogen-bond acceptors (Lipinski definition) is 4. The van der Waals surface area contributed by atoms with Crippen LogP contribution in [0.5, 0.6) is 5.75 Å². The van der Waals surface area contributed by atoms with Gasteiger partial charge in [-0.2, -0.15) is 5.10 Å². The van der Waals surface area contributed by atoms with Crippen LogP contribution in [0.15, 0.2) is 30.3 Å². The number of benzene rings is 1. The van der Waals surface area contributed by atoms with Crippen molar-refractivity contribution < 1.29 is 19.4 Å². The summed E-state index contributed by atoms with van der Waals surface area (Å²) in [5.74, 6) is -0.837. The Kier molecular flexibility index (Phi) is 5.95. The Morgan fingerprint density at radius 2 is 2.17 bits per heavy atom. The number of amides is 1. The Morgan fingerprint density at radius 3 is 2.83 bits per heavy atom. The van der Waals surface area contributed by atoms with E-state index in [1.807, 2.05) is 25.1 Å². The van der Waals surface area contributed by atoms with Crippen molar-refractivity contribution in [2.75, 3.05) is 7.11 Å². The molecule has 1 aromatic heterocycles. The number of carbonyl (C=O) groups excluding carboxylic acids is 1. The summed E-state index contributed by atoms with van der Waals surface area (Å²) in [4.78, 5) is 23.4. The van der Waals surface area contributed by atoms with Crippen LogP contribution in [0.25, 0.3) is 11.3 Å². The molecule has 0 spiro atoms. The third-order valence-electron chi connectivity index (χ3n) is 3.64. The summed E-state index contributed by atoms with van der Waals surface area (Å²) >= 11 is 0. The summed E-state index contributed by atoms with van der Waals surface area (Å²) in [6.07, 6.45) is 1.99. The van der Waals surface area contributed by atoms with E-state index in [9.17, 15) is 14.7 Å². The first-order valence-electron chi connectivity index (χ1n) is 7.78. The van der Waals surface area contributed by atoms with E-state index in [0.29, 0.717) is 17.9 Å². The summed E-state index contributed by atoms with van der Waals surface area (Å²) in [6.45, 7) is 1.97. The van der Waals surface area contributed by atoms with E-state index in [0.717, 1.165) is 18.4 Å². The number of carboxylic acids is 1. The molecular formula is C17H21N3O4. The van der Waals surface area contributed by atoms with Gasteiger partial charge in [0.25, 0.3) is 5.91 Å². The van der Waals surface area contributed by atoms with E-state index in [1.165, 1.54) is 0 Å². The molecule has 1 atom stereocenters. The van der Waals surface area contributed by atoms with Crippen LogP contribution >= 0.6 is 0 Å². The molecule has 0 fully saturated rings. The number of aliphatic carboxylic acids is 1. The lowest BCUT2D eigenvalue weighted by molar-refractivity contribution is -0.139. The summed E-state index contributed by atoms with van der Waals surface area (Å²) < 4.78 is 5.16. The van der Waals surface area contributed by atoms with Gasteiger partial charge in [0.2, 0.25) is 0 Å². The van der Waals surface area contributed by atoms with Crippen LogP contribution in [0, 0.1) is 0 Å².